The van der Waals surface area contributed by atoms with Crippen molar-refractivity contribution in [3.05, 3.63) is 76.2 Å². The molecule has 2 aromatic carbocycles. The maximum atomic E-state index is 13.2. The Kier molecular flexibility index (Phi) is 8.53. The Hall–Kier alpha value is -4.32. The Balaban J connectivity index is 1.37. The number of anilines is 2. The number of morpholine rings is 1. The maximum absolute atomic E-state index is 13.2. The molecular weight excluding hydrogens is 554 g/mol. The molecular formula is C31H33N5O5S. The molecule has 1 saturated heterocycles. The molecule has 0 aliphatic carbocycles. The molecule has 0 unspecified atom stereocenters. The number of hydrogen-bond acceptors (Lipinski definition) is 8. The number of carbonyl (C=O) groups excluding carboxylic acids is 3. The van der Waals surface area contributed by atoms with Gasteiger partial charge in [0.05, 0.1) is 30.3 Å². The van der Waals surface area contributed by atoms with E-state index in [4.69, 9.17) is 15.5 Å². The van der Waals surface area contributed by atoms with Gasteiger partial charge in [-0.3, -0.25) is 9.88 Å². The third-order valence-electron chi connectivity index (χ3n) is 6.90. The smallest absolute Gasteiger partial charge is 0.379 e. The first-order valence-corrected chi connectivity index (χ1v) is 14.4. The van der Waals surface area contributed by atoms with Gasteiger partial charge in [0.1, 0.15) is 4.88 Å². The number of carbonyl (C=O) groups is 3. The molecule has 3 amide bonds. The van der Waals surface area contributed by atoms with Gasteiger partial charge in [-0.15, -0.1) is 11.3 Å². The van der Waals surface area contributed by atoms with Gasteiger partial charge in [-0.1, -0.05) is 57.2 Å². The van der Waals surface area contributed by atoms with Crippen LogP contribution in [0.1, 0.15) is 41.0 Å². The molecule has 4 aromatic rings. The number of nitrogens with one attached hydrogen (secondary N) is 2. The van der Waals surface area contributed by atoms with Crippen molar-refractivity contribution in [2.75, 3.05) is 36.9 Å². The third kappa shape index (κ3) is 6.76. The van der Waals surface area contributed by atoms with Crippen LogP contribution in [-0.4, -0.2) is 54.3 Å². The van der Waals surface area contributed by atoms with E-state index in [1.165, 1.54) is 0 Å². The van der Waals surface area contributed by atoms with Gasteiger partial charge in [0.25, 0.3) is 0 Å². The molecule has 10 nitrogen and oxygen atoms in total. The van der Waals surface area contributed by atoms with E-state index in [9.17, 15) is 14.4 Å². The van der Waals surface area contributed by atoms with Gasteiger partial charge in [0.2, 0.25) is 0 Å². The lowest BCUT2D eigenvalue weighted by Crippen LogP contribution is -2.35. The Morgan fingerprint density at radius 2 is 1.71 bits per heavy atom. The predicted octanol–water partition coefficient (Wildman–Crippen LogP) is 5.97. The number of amides is 3. The molecule has 1 fully saturated rings. The topological polar surface area (TPSA) is 136 Å². The van der Waals surface area contributed by atoms with Gasteiger partial charge in [0, 0.05) is 41.7 Å². The Labute approximate surface area is 247 Å². The average molecular weight is 588 g/mol. The first kappa shape index (κ1) is 29.2. The highest BCUT2D eigenvalue weighted by atomic mass is 32.1. The van der Waals surface area contributed by atoms with E-state index >= 15 is 0 Å². The van der Waals surface area contributed by atoms with Gasteiger partial charge >= 0.3 is 18.1 Å². The Morgan fingerprint density at radius 3 is 2.38 bits per heavy atom. The fourth-order valence-corrected chi connectivity index (χ4v) is 5.79. The van der Waals surface area contributed by atoms with Crippen molar-refractivity contribution in [1.82, 2.24) is 9.88 Å². The summed E-state index contributed by atoms with van der Waals surface area (Å²) in [4.78, 5) is 44.8. The fraction of sp³-hybridized carbons (Fsp3) is 0.290. The molecule has 2 aromatic heterocycles. The quantitative estimate of drug-likeness (QED) is 0.187. The van der Waals surface area contributed by atoms with Crippen molar-refractivity contribution >= 4 is 51.6 Å². The zero-order chi connectivity index (χ0) is 29.9. The summed E-state index contributed by atoms with van der Waals surface area (Å²) in [6.07, 6.45) is 0.669. The van der Waals surface area contributed by atoms with Crippen molar-refractivity contribution in [2.45, 2.75) is 32.7 Å². The maximum Gasteiger partial charge on any atom is 0.412 e. The molecule has 4 N–H and O–H groups in total. The number of benzene rings is 2. The number of primary amides is 1. The number of esters is 1. The number of hydrogen-bond donors (Lipinski definition) is 3. The third-order valence-corrected chi connectivity index (χ3v) is 8.44. The highest BCUT2D eigenvalue weighted by Crippen LogP contribution is 2.37. The Morgan fingerprint density at radius 1 is 1.00 bits per heavy atom. The molecule has 5 rings (SSSR count). The average Bonchev–Trinajstić information content (AvgIpc) is 3.39. The minimum atomic E-state index is -1.21. The highest BCUT2D eigenvalue weighted by molar-refractivity contribution is 7.14. The monoisotopic (exact) mass is 587 g/mol. The lowest BCUT2D eigenvalue weighted by molar-refractivity contribution is 0.0336. The van der Waals surface area contributed by atoms with Crippen LogP contribution in [0.2, 0.25) is 0 Å². The molecule has 0 radical (unpaired) electrons. The summed E-state index contributed by atoms with van der Waals surface area (Å²) in [7, 11) is 0. The fourth-order valence-electron chi connectivity index (χ4n) is 4.74. The second kappa shape index (κ2) is 12.3. The van der Waals surface area contributed by atoms with Crippen molar-refractivity contribution < 1.29 is 23.9 Å². The number of nitrogens with zero attached hydrogens (tertiary/aromatic N) is 2. The van der Waals surface area contributed by atoms with Crippen LogP contribution < -0.4 is 16.4 Å². The van der Waals surface area contributed by atoms with E-state index in [1.807, 2.05) is 69.4 Å². The number of thiophene rings is 1. The van der Waals surface area contributed by atoms with Crippen LogP contribution in [0.4, 0.5) is 21.0 Å². The number of ether oxygens (including phenoxy) is 2. The Bertz CT molecular complexity index is 1620. The summed E-state index contributed by atoms with van der Waals surface area (Å²) < 4.78 is 10.0. The van der Waals surface area contributed by atoms with E-state index in [0.29, 0.717) is 5.69 Å². The SMILES string of the molecule is CC(C)(C)c1cc(NC(=O)Nc2ccc(-c3ccc(CN4CCOCC4)nc3)c3ccccc23)c(C(=O)OC(N)=O)s1. The van der Waals surface area contributed by atoms with Crippen LogP contribution >= 0.6 is 11.3 Å². The van der Waals surface area contributed by atoms with Crippen LogP contribution in [-0.2, 0) is 21.4 Å². The van der Waals surface area contributed by atoms with Gasteiger partial charge in [-0.2, -0.15) is 0 Å². The number of aromatic nitrogens is 1. The van der Waals surface area contributed by atoms with E-state index in [-0.39, 0.29) is 16.0 Å². The van der Waals surface area contributed by atoms with E-state index in [0.717, 1.165) is 76.7 Å². The van der Waals surface area contributed by atoms with Gasteiger partial charge in [-0.25, -0.2) is 14.4 Å². The zero-order valence-electron chi connectivity index (χ0n) is 23.7. The standard InChI is InChI=1S/C31H33N5O5S/c1-31(2,3)26-16-25(27(42-26)28(37)41-29(32)38)35-30(39)34-24-11-10-21(22-6-4-5-7-23(22)24)19-8-9-20(33-17-19)18-36-12-14-40-15-13-36/h4-11,16-17H,12-15,18H2,1-3H3,(H2,32,38)(H2,34,35,39). The molecule has 42 heavy (non-hydrogen) atoms. The lowest BCUT2D eigenvalue weighted by atomic mass is 9.94. The first-order valence-electron chi connectivity index (χ1n) is 13.6. The molecule has 11 heteroatoms. The summed E-state index contributed by atoms with van der Waals surface area (Å²) in [6.45, 7) is 10.0. The van der Waals surface area contributed by atoms with Crippen LogP contribution in [0.3, 0.4) is 0 Å². The predicted molar refractivity (Wildman–Crippen MR) is 164 cm³/mol. The molecule has 218 valence electrons. The van der Waals surface area contributed by atoms with Crippen LogP contribution in [0.25, 0.3) is 21.9 Å². The highest BCUT2D eigenvalue weighted by Gasteiger charge is 2.26. The number of urea groups is 1. The minimum absolute atomic E-state index is 0.0821. The van der Waals surface area contributed by atoms with Crippen LogP contribution in [0, 0.1) is 0 Å². The molecule has 3 heterocycles. The summed E-state index contributed by atoms with van der Waals surface area (Å²) in [6, 6.07) is 16.9. The number of nitrogens with two attached hydrogens (primary N) is 1. The lowest BCUT2D eigenvalue weighted by Gasteiger charge is -2.26. The summed E-state index contributed by atoms with van der Waals surface area (Å²) in [5, 5.41) is 7.44. The van der Waals surface area contributed by atoms with Crippen molar-refractivity contribution in [2.24, 2.45) is 5.73 Å². The number of pyridine rings is 1. The summed E-state index contributed by atoms with van der Waals surface area (Å²) in [5.74, 6) is -0.919. The van der Waals surface area contributed by atoms with E-state index < -0.39 is 18.1 Å². The van der Waals surface area contributed by atoms with Gasteiger partial charge in [-0.05, 0) is 34.6 Å². The van der Waals surface area contributed by atoms with Gasteiger partial charge in [0.15, 0.2) is 0 Å². The molecule has 0 spiro atoms. The number of fused-ring (bicyclic) bond motifs is 1. The molecule has 0 bridgehead atoms. The molecule has 1 aliphatic rings. The first-order chi connectivity index (χ1) is 20.1. The van der Waals surface area contributed by atoms with E-state index in [1.54, 1.807) is 6.07 Å². The largest absolute Gasteiger partial charge is 0.412 e. The van der Waals surface area contributed by atoms with Crippen LogP contribution in [0.5, 0.6) is 0 Å². The normalized spacial score (nSPS) is 14.0. The summed E-state index contributed by atoms with van der Waals surface area (Å²) >= 11 is 1.14. The molecule has 0 saturated carbocycles. The molecule has 0 atom stereocenters. The van der Waals surface area contributed by atoms with Crippen molar-refractivity contribution in [3.63, 3.8) is 0 Å². The zero-order valence-corrected chi connectivity index (χ0v) is 24.5. The molecule has 1 aliphatic heterocycles. The van der Waals surface area contributed by atoms with Gasteiger partial charge < -0.3 is 25.8 Å². The van der Waals surface area contributed by atoms with Crippen LogP contribution in [0.15, 0.2) is 60.8 Å². The second-order valence-electron chi connectivity index (χ2n) is 11.0. The number of rotatable bonds is 6. The van der Waals surface area contributed by atoms with E-state index in [2.05, 4.69) is 26.3 Å². The van der Waals surface area contributed by atoms with Crippen molar-refractivity contribution in [1.29, 1.82) is 0 Å². The minimum Gasteiger partial charge on any atom is -0.379 e. The second-order valence-corrected chi connectivity index (χ2v) is 12.1. The van der Waals surface area contributed by atoms with Crippen molar-refractivity contribution in [3.8, 4) is 11.1 Å². The summed E-state index contributed by atoms with van der Waals surface area (Å²) in [5.41, 5.74) is 8.53.